The van der Waals surface area contributed by atoms with Crippen LogP contribution in [0.2, 0.25) is 0 Å². The second-order valence-corrected chi connectivity index (χ2v) is 7.79. The fraction of sp³-hybridized carbons (Fsp3) is 0.909. The van der Waals surface area contributed by atoms with Gasteiger partial charge in [0.25, 0.3) is 0 Å². The van der Waals surface area contributed by atoms with E-state index in [-0.39, 0.29) is 17.1 Å². The van der Waals surface area contributed by atoms with Crippen molar-refractivity contribution in [3.8, 4) is 0 Å². The number of rotatable bonds is 4. The van der Waals surface area contributed by atoms with Crippen LogP contribution in [0.25, 0.3) is 0 Å². The highest BCUT2D eigenvalue weighted by Gasteiger charge is 2.29. The maximum atomic E-state index is 11.7. The zero-order chi connectivity index (χ0) is 14.0. The van der Waals surface area contributed by atoms with Crippen LogP contribution in [0.15, 0.2) is 0 Å². The van der Waals surface area contributed by atoms with Gasteiger partial charge in [0, 0.05) is 19.6 Å². The van der Waals surface area contributed by atoms with E-state index in [9.17, 15) is 13.2 Å². The molecule has 0 unspecified atom stereocenters. The van der Waals surface area contributed by atoms with Crippen molar-refractivity contribution < 1.29 is 13.2 Å². The molecule has 0 radical (unpaired) electrons. The van der Waals surface area contributed by atoms with Crippen LogP contribution >= 0.6 is 0 Å². The normalized spacial score (nSPS) is 21.8. The first-order valence-electron chi connectivity index (χ1n) is 6.16. The lowest BCUT2D eigenvalue weighted by Gasteiger charge is -2.26. The minimum absolute atomic E-state index is 0.211. The Labute approximate surface area is 109 Å². The van der Waals surface area contributed by atoms with Gasteiger partial charge >= 0.3 is 0 Å². The van der Waals surface area contributed by atoms with E-state index in [1.165, 1.54) is 4.31 Å². The fourth-order valence-electron chi connectivity index (χ4n) is 1.75. The summed E-state index contributed by atoms with van der Waals surface area (Å²) in [6.07, 6.45) is 0.664. The van der Waals surface area contributed by atoms with Crippen LogP contribution < -0.4 is 11.1 Å². The van der Waals surface area contributed by atoms with E-state index in [4.69, 9.17) is 5.73 Å². The first-order valence-corrected chi connectivity index (χ1v) is 7.76. The second-order valence-electron chi connectivity index (χ2n) is 5.70. The molecule has 1 saturated heterocycles. The highest BCUT2D eigenvalue weighted by Crippen LogP contribution is 2.17. The molecule has 0 aromatic rings. The largest absolute Gasteiger partial charge is 0.353 e. The van der Waals surface area contributed by atoms with Gasteiger partial charge in [-0.3, -0.25) is 4.79 Å². The van der Waals surface area contributed by atoms with E-state index in [2.05, 4.69) is 5.32 Å². The molecular formula is C11H23N3O3S. The highest BCUT2D eigenvalue weighted by molar-refractivity contribution is 7.89. The van der Waals surface area contributed by atoms with Crippen LogP contribution in [0.1, 0.15) is 27.2 Å². The summed E-state index contributed by atoms with van der Waals surface area (Å²) in [4.78, 5) is 11.7. The van der Waals surface area contributed by atoms with Crippen molar-refractivity contribution in [2.75, 3.05) is 25.4 Å². The van der Waals surface area contributed by atoms with E-state index >= 15 is 0 Å². The Bertz CT molecular complexity index is 400. The molecule has 0 aromatic carbocycles. The third kappa shape index (κ3) is 3.93. The number of sulfonamides is 1. The molecule has 0 aliphatic carbocycles. The minimum atomic E-state index is -3.08. The standard InChI is InChI=1S/C11H23N3O3S/c1-11(2,3)9(12)10(15)13-5-7-14-6-4-8-18(14,16)17/h9H,4-8,12H2,1-3H3,(H,13,15)/t9-/m1/s1. The minimum Gasteiger partial charge on any atom is -0.353 e. The fourth-order valence-corrected chi connectivity index (χ4v) is 3.28. The number of hydrogen-bond acceptors (Lipinski definition) is 4. The molecule has 1 atom stereocenters. The van der Waals surface area contributed by atoms with Crippen LogP contribution in [-0.2, 0) is 14.8 Å². The maximum Gasteiger partial charge on any atom is 0.237 e. The maximum absolute atomic E-state index is 11.7. The van der Waals surface area contributed by atoms with Crippen molar-refractivity contribution in [1.29, 1.82) is 0 Å². The number of hydrogen-bond donors (Lipinski definition) is 2. The second kappa shape index (κ2) is 5.54. The first kappa shape index (κ1) is 15.4. The number of nitrogens with two attached hydrogens (primary N) is 1. The molecule has 6 nitrogen and oxygen atoms in total. The van der Waals surface area contributed by atoms with Gasteiger partial charge in [-0.05, 0) is 11.8 Å². The Hall–Kier alpha value is -0.660. The zero-order valence-electron chi connectivity index (χ0n) is 11.3. The van der Waals surface area contributed by atoms with Crippen LogP contribution in [0.3, 0.4) is 0 Å². The summed E-state index contributed by atoms with van der Waals surface area (Å²) in [5.74, 6) is -0.0262. The van der Waals surface area contributed by atoms with Crippen molar-refractivity contribution in [3.63, 3.8) is 0 Å². The number of nitrogens with zero attached hydrogens (tertiary/aromatic N) is 1. The van der Waals surface area contributed by atoms with Gasteiger partial charge in [0.1, 0.15) is 0 Å². The molecule has 7 heteroatoms. The van der Waals surface area contributed by atoms with Crippen molar-refractivity contribution in [2.45, 2.75) is 33.2 Å². The summed E-state index contributed by atoms with van der Waals surface area (Å²) < 4.78 is 24.5. The van der Waals surface area contributed by atoms with Gasteiger partial charge < -0.3 is 11.1 Å². The molecule has 106 valence electrons. The van der Waals surface area contributed by atoms with E-state index in [0.717, 1.165) is 0 Å². The topological polar surface area (TPSA) is 92.5 Å². The molecule has 0 bridgehead atoms. The number of amides is 1. The van der Waals surface area contributed by atoms with Gasteiger partial charge in [0.2, 0.25) is 15.9 Å². The molecule has 1 rings (SSSR count). The Morgan fingerprint density at radius 3 is 2.50 bits per heavy atom. The average molecular weight is 277 g/mol. The van der Waals surface area contributed by atoms with Crippen molar-refractivity contribution >= 4 is 15.9 Å². The lowest BCUT2D eigenvalue weighted by Crippen LogP contribution is -2.50. The van der Waals surface area contributed by atoms with Gasteiger partial charge in [-0.15, -0.1) is 0 Å². The third-order valence-electron chi connectivity index (χ3n) is 3.08. The Balaban J connectivity index is 2.37. The smallest absolute Gasteiger partial charge is 0.237 e. The molecular weight excluding hydrogens is 254 g/mol. The third-order valence-corrected chi connectivity index (χ3v) is 5.04. The Morgan fingerprint density at radius 1 is 1.44 bits per heavy atom. The monoisotopic (exact) mass is 277 g/mol. The molecule has 0 spiro atoms. The Kier molecular flexibility index (Phi) is 4.74. The molecule has 1 fully saturated rings. The molecule has 1 heterocycles. The molecule has 1 aliphatic rings. The number of carbonyl (C=O) groups is 1. The molecule has 1 aliphatic heterocycles. The number of nitrogens with one attached hydrogen (secondary N) is 1. The van der Waals surface area contributed by atoms with Gasteiger partial charge in [0.15, 0.2) is 0 Å². The van der Waals surface area contributed by atoms with Gasteiger partial charge in [-0.1, -0.05) is 20.8 Å². The van der Waals surface area contributed by atoms with Crippen molar-refractivity contribution in [1.82, 2.24) is 9.62 Å². The molecule has 3 N–H and O–H groups in total. The molecule has 18 heavy (non-hydrogen) atoms. The summed E-state index contributed by atoms with van der Waals surface area (Å²) in [6.45, 7) is 6.85. The Morgan fingerprint density at radius 2 is 2.06 bits per heavy atom. The van der Waals surface area contributed by atoms with Crippen LogP contribution in [0.4, 0.5) is 0 Å². The van der Waals surface area contributed by atoms with Crippen molar-refractivity contribution in [2.24, 2.45) is 11.1 Å². The van der Waals surface area contributed by atoms with Crippen LogP contribution in [-0.4, -0.2) is 50.1 Å². The van der Waals surface area contributed by atoms with Gasteiger partial charge in [-0.2, -0.15) is 0 Å². The summed E-state index contributed by atoms with van der Waals surface area (Å²) in [7, 11) is -3.08. The van der Waals surface area contributed by atoms with Crippen molar-refractivity contribution in [3.05, 3.63) is 0 Å². The lowest BCUT2D eigenvalue weighted by molar-refractivity contribution is -0.124. The van der Waals surface area contributed by atoms with Gasteiger partial charge in [-0.25, -0.2) is 12.7 Å². The molecule has 1 amide bonds. The molecule has 0 saturated carbocycles. The summed E-state index contributed by atoms with van der Waals surface area (Å²) >= 11 is 0. The highest BCUT2D eigenvalue weighted by atomic mass is 32.2. The first-order chi connectivity index (χ1) is 8.14. The quantitative estimate of drug-likeness (QED) is 0.725. The predicted octanol–water partition coefficient (Wildman–Crippen LogP) is -0.488. The lowest BCUT2D eigenvalue weighted by atomic mass is 9.87. The van der Waals surface area contributed by atoms with E-state index in [1.807, 2.05) is 20.8 Å². The zero-order valence-corrected chi connectivity index (χ0v) is 12.1. The predicted molar refractivity (Wildman–Crippen MR) is 70.4 cm³/mol. The number of carbonyl (C=O) groups excluding carboxylic acids is 1. The van der Waals surface area contributed by atoms with Gasteiger partial charge in [0.05, 0.1) is 11.8 Å². The SMILES string of the molecule is CC(C)(C)[C@H](N)C(=O)NCCN1CCCS1(=O)=O. The van der Waals surface area contributed by atoms with E-state index < -0.39 is 16.1 Å². The summed E-state index contributed by atoms with van der Waals surface area (Å²) in [6, 6.07) is -0.590. The van der Waals surface area contributed by atoms with Crippen LogP contribution in [0.5, 0.6) is 0 Å². The summed E-state index contributed by atoms with van der Waals surface area (Å²) in [5.41, 5.74) is 5.50. The molecule has 0 aromatic heterocycles. The summed E-state index contributed by atoms with van der Waals surface area (Å²) in [5, 5.41) is 2.68. The van der Waals surface area contributed by atoms with E-state index in [0.29, 0.717) is 26.1 Å². The average Bonchev–Trinajstić information content (AvgIpc) is 2.55. The van der Waals surface area contributed by atoms with Crippen LogP contribution in [0, 0.1) is 5.41 Å². The van der Waals surface area contributed by atoms with E-state index in [1.54, 1.807) is 0 Å².